The van der Waals surface area contributed by atoms with Gasteiger partial charge in [-0.15, -0.1) is 0 Å². The van der Waals surface area contributed by atoms with Crippen LogP contribution in [0.3, 0.4) is 0 Å². The third-order valence-corrected chi connectivity index (χ3v) is 13.9. The predicted octanol–water partition coefficient (Wildman–Crippen LogP) is 1.25. The van der Waals surface area contributed by atoms with Gasteiger partial charge >= 0.3 is 104 Å². The van der Waals surface area contributed by atoms with Crippen molar-refractivity contribution in [2.45, 2.75) is 24.2 Å². The molecule has 3 saturated heterocycles. The summed E-state index contributed by atoms with van der Waals surface area (Å²) in [6, 6.07) is 0. The van der Waals surface area contributed by atoms with Crippen molar-refractivity contribution in [1.82, 2.24) is 0 Å². The molecule has 16 heavy (non-hydrogen) atoms. The summed E-state index contributed by atoms with van der Waals surface area (Å²) in [6.07, 6.45) is 0. The Labute approximate surface area is 104 Å². The normalized spacial score (nSPS) is 41.2. The molecule has 3 aliphatic heterocycles. The fourth-order valence-electron chi connectivity index (χ4n) is 2.31. The van der Waals surface area contributed by atoms with Gasteiger partial charge in [-0.2, -0.15) is 0 Å². The monoisotopic (exact) mass is 338 g/mol. The van der Waals surface area contributed by atoms with Gasteiger partial charge in [-0.3, -0.25) is 0 Å². The molecule has 94 valence electrons. The average Bonchev–Trinajstić information content (AvgIpc) is 2.06. The van der Waals surface area contributed by atoms with E-state index >= 15 is 0 Å². The third kappa shape index (κ3) is 2.41. The van der Waals surface area contributed by atoms with Gasteiger partial charge in [0.1, 0.15) is 0 Å². The fourth-order valence-corrected chi connectivity index (χ4v) is 9.81. The molecule has 0 saturated carbocycles. The molecule has 3 rings (SSSR count). The summed E-state index contributed by atoms with van der Waals surface area (Å²) in [5.41, 5.74) is 0. The number of likely N-dealkylation sites (N-methyl/N-ethyl adjacent to an activating group) is 1. The molecule has 0 atom stereocenters. The zero-order valence-corrected chi connectivity index (χ0v) is 13.8. The summed E-state index contributed by atoms with van der Waals surface area (Å²) in [6.45, 7) is 12.3. The molecule has 4 nitrogen and oxygen atoms in total. The van der Waals surface area contributed by atoms with E-state index in [0.717, 1.165) is 43.9 Å². The molecular weight excluding hydrogens is 313 g/mol. The molecular formula is C11H24NO3Sn+. The van der Waals surface area contributed by atoms with Crippen LogP contribution in [0.1, 0.15) is 20.8 Å². The second kappa shape index (κ2) is 4.39. The van der Waals surface area contributed by atoms with Gasteiger partial charge in [-0.05, 0) is 0 Å². The van der Waals surface area contributed by atoms with E-state index in [4.69, 9.17) is 9.22 Å². The van der Waals surface area contributed by atoms with Gasteiger partial charge in [-0.1, -0.05) is 0 Å². The quantitative estimate of drug-likeness (QED) is 0.492. The van der Waals surface area contributed by atoms with Crippen LogP contribution < -0.4 is 0 Å². The van der Waals surface area contributed by atoms with E-state index in [1.165, 1.54) is 0 Å². The molecule has 0 radical (unpaired) electrons. The van der Waals surface area contributed by atoms with Gasteiger partial charge < -0.3 is 0 Å². The first-order chi connectivity index (χ1) is 7.37. The fraction of sp³-hybridized carbons (Fsp3) is 1.00. The van der Waals surface area contributed by atoms with Gasteiger partial charge in [-0.25, -0.2) is 0 Å². The minimum absolute atomic E-state index is 0.0484. The number of hydrogen-bond acceptors (Lipinski definition) is 3. The zero-order valence-electron chi connectivity index (χ0n) is 10.9. The van der Waals surface area contributed by atoms with Gasteiger partial charge in [0.25, 0.3) is 0 Å². The van der Waals surface area contributed by atoms with Crippen molar-refractivity contribution in [2.24, 2.45) is 0 Å². The van der Waals surface area contributed by atoms with Crippen molar-refractivity contribution >= 4 is 19.6 Å². The summed E-state index contributed by atoms with van der Waals surface area (Å²) < 4.78 is 19.4. The van der Waals surface area contributed by atoms with E-state index in [0.29, 0.717) is 0 Å². The van der Waals surface area contributed by atoms with Crippen LogP contribution in [0.5, 0.6) is 0 Å². The van der Waals surface area contributed by atoms with Crippen molar-refractivity contribution in [3.05, 3.63) is 0 Å². The van der Waals surface area contributed by atoms with Crippen LogP contribution >= 0.6 is 0 Å². The predicted molar refractivity (Wildman–Crippen MR) is 64.1 cm³/mol. The van der Waals surface area contributed by atoms with E-state index in [9.17, 15) is 0 Å². The van der Waals surface area contributed by atoms with Crippen LogP contribution in [0.2, 0.25) is 3.43 Å². The zero-order chi connectivity index (χ0) is 11.9. The molecule has 0 amide bonds. The molecule has 3 heterocycles. The van der Waals surface area contributed by atoms with Crippen molar-refractivity contribution in [3.8, 4) is 0 Å². The van der Waals surface area contributed by atoms with Crippen molar-refractivity contribution in [1.29, 1.82) is 0 Å². The number of hydrogen-bond donors (Lipinski definition) is 0. The molecule has 5 heteroatoms. The Morgan fingerprint density at radius 2 is 1.25 bits per heavy atom. The molecule has 0 N–H and O–H groups in total. The molecule has 2 bridgehead atoms. The second-order valence-electron chi connectivity index (χ2n) is 6.14. The molecule has 0 aromatic heterocycles. The molecule has 0 spiro atoms. The Balaban J connectivity index is 2.22. The SMILES string of the molecule is C[C](C)(C)[Sn]12[O]CC[N+](C)(CC[O]1)CC[O]2. The van der Waals surface area contributed by atoms with Crippen LogP contribution in [0.25, 0.3) is 0 Å². The summed E-state index contributed by atoms with van der Waals surface area (Å²) in [5.74, 6) is 0. The van der Waals surface area contributed by atoms with E-state index in [2.05, 4.69) is 27.8 Å². The van der Waals surface area contributed by atoms with Crippen LogP contribution in [0.15, 0.2) is 0 Å². The summed E-state index contributed by atoms with van der Waals surface area (Å²) in [7, 11) is 2.26. The molecule has 0 aromatic carbocycles. The third-order valence-electron chi connectivity index (χ3n) is 3.69. The van der Waals surface area contributed by atoms with Gasteiger partial charge in [0.05, 0.1) is 0 Å². The molecule has 3 aliphatic rings. The standard InChI is InChI=1S/C7H15NO3.C4H9.Sn/c1-8(2-5-9,3-6-10)4-7-11;1-4(2)3;/h2-7H2,1H3;1-3H3;/q-2;;+3. The Hall–Kier alpha value is 0.639. The first-order valence-electron chi connectivity index (χ1n) is 6.12. The number of quaternary nitrogens is 1. The van der Waals surface area contributed by atoms with E-state index in [1.807, 2.05) is 0 Å². The van der Waals surface area contributed by atoms with E-state index < -0.39 is 19.6 Å². The van der Waals surface area contributed by atoms with Crippen molar-refractivity contribution < 1.29 is 13.7 Å². The maximum atomic E-state index is 6.12. The molecule has 3 fully saturated rings. The van der Waals surface area contributed by atoms with E-state index in [1.54, 1.807) is 0 Å². The van der Waals surface area contributed by atoms with Crippen LogP contribution in [-0.4, -0.2) is 70.6 Å². The van der Waals surface area contributed by atoms with Gasteiger partial charge in [0, 0.05) is 0 Å². The molecule has 0 aromatic rings. The average molecular weight is 337 g/mol. The topological polar surface area (TPSA) is 27.7 Å². The first-order valence-corrected chi connectivity index (χ1v) is 11.0. The van der Waals surface area contributed by atoms with Crippen molar-refractivity contribution in [2.75, 3.05) is 46.5 Å². The maximum absolute atomic E-state index is 6.12. The van der Waals surface area contributed by atoms with Crippen LogP contribution in [-0.2, 0) is 9.22 Å². The Morgan fingerprint density at radius 1 is 0.875 bits per heavy atom. The van der Waals surface area contributed by atoms with Crippen LogP contribution in [0, 0.1) is 0 Å². The summed E-state index contributed by atoms with van der Waals surface area (Å²) >= 11 is -3.30. The van der Waals surface area contributed by atoms with Gasteiger partial charge in [0.15, 0.2) is 0 Å². The second-order valence-corrected chi connectivity index (χ2v) is 16.1. The van der Waals surface area contributed by atoms with Crippen LogP contribution in [0.4, 0.5) is 0 Å². The van der Waals surface area contributed by atoms with Crippen molar-refractivity contribution in [3.63, 3.8) is 0 Å². The first kappa shape index (κ1) is 13.1. The number of rotatable bonds is 0. The Kier molecular flexibility index (Phi) is 3.59. The molecule has 0 aliphatic carbocycles. The number of fused-ring (bicyclic) bond motifs is 6. The van der Waals surface area contributed by atoms with Gasteiger partial charge in [0.2, 0.25) is 0 Å². The summed E-state index contributed by atoms with van der Waals surface area (Å²) in [4.78, 5) is 0. The van der Waals surface area contributed by atoms with E-state index in [-0.39, 0.29) is 3.43 Å². The molecule has 0 unspecified atom stereocenters. The summed E-state index contributed by atoms with van der Waals surface area (Å²) in [5, 5.41) is 0. The minimum atomic E-state index is -3.30. The Bertz CT molecular complexity index is 235. The Morgan fingerprint density at radius 3 is 1.56 bits per heavy atom. The number of nitrogens with zero attached hydrogens (tertiary/aromatic N) is 1.